The van der Waals surface area contributed by atoms with E-state index in [1.54, 1.807) is 6.92 Å². The Labute approximate surface area is 98.1 Å². The van der Waals surface area contributed by atoms with E-state index in [1.165, 1.54) is 32.1 Å². The SMILES string of the molecule is C=CCN(CC(C)C(=O)O)C1CCCCC1. The molecule has 0 saturated heterocycles. The number of hydrogen-bond acceptors (Lipinski definition) is 2. The minimum atomic E-state index is -0.704. The van der Waals surface area contributed by atoms with E-state index in [0.717, 1.165) is 6.54 Å². The highest BCUT2D eigenvalue weighted by Gasteiger charge is 2.23. The summed E-state index contributed by atoms with van der Waals surface area (Å²) in [5.74, 6) is -0.994. The van der Waals surface area contributed by atoms with Gasteiger partial charge in [-0.1, -0.05) is 32.3 Å². The molecule has 3 heteroatoms. The third kappa shape index (κ3) is 3.97. The van der Waals surface area contributed by atoms with Crippen molar-refractivity contribution in [1.82, 2.24) is 4.90 Å². The number of aliphatic carboxylic acids is 1. The fourth-order valence-electron chi connectivity index (χ4n) is 2.41. The Hall–Kier alpha value is -0.830. The van der Waals surface area contributed by atoms with Crippen molar-refractivity contribution in [2.75, 3.05) is 13.1 Å². The maximum absolute atomic E-state index is 10.9. The van der Waals surface area contributed by atoms with Crippen LogP contribution in [0.25, 0.3) is 0 Å². The predicted molar refractivity (Wildman–Crippen MR) is 65.4 cm³/mol. The number of rotatable bonds is 6. The van der Waals surface area contributed by atoms with Gasteiger partial charge in [0.15, 0.2) is 0 Å². The van der Waals surface area contributed by atoms with Gasteiger partial charge in [0, 0.05) is 19.1 Å². The maximum atomic E-state index is 10.9. The lowest BCUT2D eigenvalue weighted by Crippen LogP contribution is -2.41. The lowest BCUT2D eigenvalue weighted by molar-refractivity contribution is -0.141. The number of hydrogen-bond donors (Lipinski definition) is 1. The zero-order valence-corrected chi connectivity index (χ0v) is 10.2. The molecule has 1 aliphatic rings. The molecule has 0 aliphatic heterocycles. The van der Waals surface area contributed by atoms with Crippen molar-refractivity contribution >= 4 is 5.97 Å². The summed E-state index contributed by atoms with van der Waals surface area (Å²) in [5, 5.41) is 8.94. The summed E-state index contributed by atoms with van der Waals surface area (Å²) in [6, 6.07) is 0.563. The van der Waals surface area contributed by atoms with Crippen LogP contribution in [0, 0.1) is 5.92 Å². The van der Waals surface area contributed by atoms with Gasteiger partial charge in [0.1, 0.15) is 0 Å². The molecule has 1 unspecified atom stereocenters. The molecule has 92 valence electrons. The zero-order chi connectivity index (χ0) is 12.0. The summed E-state index contributed by atoms with van der Waals surface area (Å²) >= 11 is 0. The first-order valence-corrected chi connectivity index (χ1v) is 6.23. The summed E-state index contributed by atoms with van der Waals surface area (Å²) in [5.41, 5.74) is 0. The first kappa shape index (κ1) is 13.2. The van der Waals surface area contributed by atoms with Gasteiger partial charge in [-0.25, -0.2) is 0 Å². The smallest absolute Gasteiger partial charge is 0.307 e. The molecule has 0 aromatic rings. The molecule has 16 heavy (non-hydrogen) atoms. The Bertz CT molecular complexity index is 234. The Kier molecular flexibility index (Phi) is 5.53. The average Bonchev–Trinajstić information content (AvgIpc) is 2.29. The van der Waals surface area contributed by atoms with Crippen molar-refractivity contribution in [3.8, 4) is 0 Å². The van der Waals surface area contributed by atoms with Gasteiger partial charge in [0.05, 0.1) is 5.92 Å². The van der Waals surface area contributed by atoms with E-state index in [2.05, 4.69) is 11.5 Å². The van der Waals surface area contributed by atoms with Crippen LogP contribution in [0.4, 0.5) is 0 Å². The monoisotopic (exact) mass is 225 g/mol. The molecule has 0 radical (unpaired) electrons. The molecule has 0 spiro atoms. The molecule has 0 heterocycles. The van der Waals surface area contributed by atoms with Crippen LogP contribution in [0.2, 0.25) is 0 Å². The molecular formula is C13H23NO2. The molecule has 1 atom stereocenters. The van der Waals surface area contributed by atoms with E-state index in [-0.39, 0.29) is 5.92 Å². The predicted octanol–water partition coefficient (Wildman–Crippen LogP) is 2.53. The van der Waals surface area contributed by atoms with Gasteiger partial charge in [-0.15, -0.1) is 6.58 Å². The van der Waals surface area contributed by atoms with Crippen molar-refractivity contribution < 1.29 is 9.90 Å². The van der Waals surface area contributed by atoms with Gasteiger partial charge in [-0.2, -0.15) is 0 Å². The lowest BCUT2D eigenvalue weighted by atomic mass is 9.93. The van der Waals surface area contributed by atoms with E-state index < -0.39 is 5.97 Å². The van der Waals surface area contributed by atoms with E-state index >= 15 is 0 Å². The molecule has 1 saturated carbocycles. The summed E-state index contributed by atoms with van der Waals surface area (Å²) in [6.07, 6.45) is 8.18. The van der Waals surface area contributed by atoms with Gasteiger partial charge in [-0.3, -0.25) is 9.69 Å². The quantitative estimate of drug-likeness (QED) is 0.706. The van der Waals surface area contributed by atoms with Crippen molar-refractivity contribution in [3.05, 3.63) is 12.7 Å². The van der Waals surface area contributed by atoms with Gasteiger partial charge < -0.3 is 5.11 Å². The highest BCUT2D eigenvalue weighted by molar-refractivity contribution is 5.69. The Morgan fingerprint density at radius 3 is 2.62 bits per heavy atom. The van der Waals surface area contributed by atoms with Crippen molar-refractivity contribution in [1.29, 1.82) is 0 Å². The first-order valence-electron chi connectivity index (χ1n) is 6.23. The highest BCUT2D eigenvalue weighted by atomic mass is 16.4. The zero-order valence-electron chi connectivity index (χ0n) is 10.2. The number of carboxylic acid groups (broad SMARTS) is 1. The van der Waals surface area contributed by atoms with Crippen LogP contribution >= 0.6 is 0 Å². The molecule has 3 nitrogen and oxygen atoms in total. The van der Waals surface area contributed by atoms with Gasteiger partial charge in [0.2, 0.25) is 0 Å². The lowest BCUT2D eigenvalue weighted by Gasteiger charge is -2.34. The first-order chi connectivity index (χ1) is 7.65. The van der Waals surface area contributed by atoms with Crippen LogP contribution in [0.5, 0.6) is 0 Å². The van der Waals surface area contributed by atoms with Crippen LogP contribution < -0.4 is 0 Å². The van der Waals surface area contributed by atoms with Crippen LogP contribution in [0.1, 0.15) is 39.0 Å². The fourth-order valence-corrected chi connectivity index (χ4v) is 2.41. The molecule has 1 aliphatic carbocycles. The Balaban J connectivity index is 2.51. The van der Waals surface area contributed by atoms with E-state index in [4.69, 9.17) is 5.11 Å². The molecular weight excluding hydrogens is 202 g/mol. The van der Waals surface area contributed by atoms with Gasteiger partial charge in [-0.05, 0) is 12.8 Å². The largest absolute Gasteiger partial charge is 0.481 e. The molecule has 1 rings (SSSR count). The summed E-state index contributed by atoms with van der Waals surface area (Å²) in [4.78, 5) is 13.2. The molecule has 0 aromatic heterocycles. The Morgan fingerprint density at radius 2 is 2.12 bits per heavy atom. The second-order valence-corrected chi connectivity index (χ2v) is 4.77. The second kappa shape index (κ2) is 6.69. The number of carbonyl (C=O) groups is 1. The minimum absolute atomic E-state index is 0.290. The average molecular weight is 225 g/mol. The molecule has 0 amide bonds. The van der Waals surface area contributed by atoms with Crippen molar-refractivity contribution in [2.24, 2.45) is 5.92 Å². The third-order valence-corrected chi connectivity index (χ3v) is 3.38. The normalized spacial score (nSPS) is 19.6. The number of nitrogens with zero attached hydrogens (tertiary/aromatic N) is 1. The van der Waals surface area contributed by atoms with E-state index in [0.29, 0.717) is 12.6 Å². The molecule has 0 aromatic carbocycles. The summed E-state index contributed by atoms with van der Waals surface area (Å²) in [6.45, 7) is 6.99. The summed E-state index contributed by atoms with van der Waals surface area (Å²) < 4.78 is 0. The van der Waals surface area contributed by atoms with Gasteiger partial charge in [0.25, 0.3) is 0 Å². The second-order valence-electron chi connectivity index (χ2n) is 4.77. The third-order valence-electron chi connectivity index (χ3n) is 3.38. The van der Waals surface area contributed by atoms with Gasteiger partial charge >= 0.3 is 5.97 Å². The highest BCUT2D eigenvalue weighted by Crippen LogP contribution is 2.23. The van der Waals surface area contributed by atoms with Crippen molar-refractivity contribution in [2.45, 2.75) is 45.1 Å². The van der Waals surface area contributed by atoms with Crippen molar-refractivity contribution in [3.63, 3.8) is 0 Å². The van der Waals surface area contributed by atoms with E-state index in [9.17, 15) is 4.79 Å². The fraction of sp³-hybridized carbons (Fsp3) is 0.769. The topological polar surface area (TPSA) is 40.5 Å². The molecule has 0 bridgehead atoms. The van der Waals surface area contributed by atoms with Crippen LogP contribution in [0.3, 0.4) is 0 Å². The van der Waals surface area contributed by atoms with E-state index in [1.807, 2.05) is 6.08 Å². The van der Waals surface area contributed by atoms with Crippen LogP contribution in [0.15, 0.2) is 12.7 Å². The Morgan fingerprint density at radius 1 is 1.50 bits per heavy atom. The minimum Gasteiger partial charge on any atom is -0.481 e. The maximum Gasteiger partial charge on any atom is 0.307 e. The molecule has 1 fully saturated rings. The van der Waals surface area contributed by atoms with Crippen LogP contribution in [-0.2, 0) is 4.79 Å². The standard InChI is InChI=1S/C13H23NO2/c1-3-9-14(10-11(2)13(15)16)12-7-5-4-6-8-12/h3,11-12H,1,4-10H2,2H3,(H,15,16). The number of carboxylic acids is 1. The van der Waals surface area contributed by atoms with Crippen LogP contribution in [-0.4, -0.2) is 35.1 Å². The molecule has 1 N–H and O–H groups in total. The summed E-state index contributed by atoms with van der Waals surface area (Å²) in [7, 11) is 0.